The Balaban J connectivity index is 1.65. The summed E-state index contributed by atoms with van der Waals surface area (Å²) in [5, 5.41) is 5.92. The van der Waals surface area contributed by atoms with Gasteiger partial charge in [0.05, 0.1) is 6.04 Å². The van der Waals surface area contributed by atoms with Crippen molar-refractivity contribution in [2.45, 2.75) is 76.0 Å². The molecular weight excluding hydrogens is 308 g/mol. The Morgan fingerprint density at radius 3 is 2.54 bits per heavy atom. The van der Waals surface area contributed by atoms with Crippen LogP contribution in [0.3, 0.4) is 0 Å². The van der Waals surface area contributed by atoms with Gasteiger partial charge in [-0.2, -0.15) is 0 Å². The Bertz CT molecular complexity index is 518. The maximum absolute atomic E-state index is 12.8. The van der Waals surface area contributed by atoms with Crippen LogP contribution >= 0.6 is 0 Å². The fraction of sp³-hybridized carbons (Fsp3) is 0.824. The van der Waals surface area contributed by atoms with Gasteiger partial charge in [-0.3, -0.25) is 14.5 Å². The Kier molecular flexibility index (Phi) is 5.08. The van der Waals surface area contributed by atoms with Gasteiger partial charge in [0.15, 0.2) is 0 Å². The molecule has 0 aromatic heterocycles. The van der Waals surface area contributed by atoms with Gasteiger partial charge in [-0.25, -0.2) is 4.79 Å². The third-order valence-corrected chi connectivity index (χ3v) is 5.69. The lowest BCUT2D eigenvalue weighted by atomic mass is 9.93. The lowest BCUT2D eigenvalue weighted by Crippen LogP contribution is -2.52. The van der Waals surface area contributed by atoms with Crippen LogP contribution in [0.4, 0.5) is 4.79 Å². The van der Waals surface area contributed by atoms with Crippen molar-refractivity contribution in [3.05, 3.63) is 0 Å². The van der Waals surface area contributed by atoms with Gasteiger partial charge < -0.3 is 15.5 Å². The fourth-order valence-corrected chi connectivity index (χ4v) is 4.09. The smallest absolute Gasteiger partial charge is 0.327 e. The molecule has 4 amide bonds. The average Bonchev–Trinajstić information content (AvgIpc) is 2.85. The number of carbonyl (C=O) groups excluding carboxylic acids is 3. The van der Waals surface area contributed by atoms with Crippen molar-refractivity contribution in [1.82, 2.24) is 20.4 Å². The van der Waals surface area contributed by atoms with Crippen molar-refractivity contribution in [3.63, 3.8) is 0 Å². The quantitative estimate of drug-likeness (QED) is 0.746. The monoisotopic (exact) mass is 336 g/mol. The molecule has 2 aliphatic heterocycles. The first-order chi connectivity index (χ1) is 11.5. The molecule has 0 spiro atoms. The molecule has 0 aromatic rings. The first-order valence-electron chi connectivity index (χ1n) is 9.14. The summed E-state index contributed by atoms with van der Waals surface area (Å²) in [7, 11) is 1.74. The van der Waals surface area contributed by atoms with E-state index in [-0.39, 0.29) is 36.0 Å². The number of imide groups is 1. The number of hydrogen-bond donors (Lipinski definition) is 2. The molecule has 2 N–H and O–H groups in total. The topological polar surface area (TPSA) is 81.8 Å². The molecule has 2 heterocycles. The van der Waals surface area contributed by atoms with E-state index in [4.69, 9.17) is 0 Å². The molecule has 3 aliphatic rings. The molecule has 3 fully saturated rings. The molecule has 3 rings (SSSR count). The maximum Gasteiger partial charge on any atom is 0.327 e. The highest BCUT2D eigenvalue weighted by molar-refractivity contribution is 6.04. The number of urea groups is 1. The lowest BCUT2D eigenvalue weighted by Gasteiger charge is -2.33. The molecule has 24 heavy (non-hydrogen) atoms. The minimum atomic E-state index is -0.400. The SMILES string of the molecule is CN[C@@H](C)C(=O)N[C@H]1CCN2C(=O)N(C3CCCCC3)C(=O)[C@@H]2C1. The molecule has 134 valence electrons. The average molecular weight is 336 g/mol. The summed E-state index contributed by atoms with van der Waals surface area (Å²) in [6, 6.07) is -0.754. The van der Waals surface area contributed by atoms with Crippen molar-refractivity contribution in [1.29, 1.82) is 0 Å². The first kappa shape index (κ1) is 17.2. The molecular formula is C17H28N4O3. The van der Waals surface area contributed by atoms with Gasteiger partial charge in [-0.05, 0) is 39.7 Å². The van der Waals surface area contributed by atoms with Crippen molar-refractivity contribution < 1.29 is 14.4 Å². The minimum absolute atomic E-state index is 0.0439. The molecule has 0 aromatic carbocycles. The number of hydrogen-bond acceptors (Lipinski definition) is 4. The number of nitrogens with zero attached hydrogens (tertiary/aromatic N) is 2. The number of nitrogens with one attached hydrogen (secondary N) is 2. The molecule has 7 heteroatoms. The van der Waals surface area contributed by atoms with Crippen LogP contribution in [0.15, 0.2) is 0 Å². The van der Waals surface area contributed by atoms with Crippen molar-refractivity contribution in [2.75, 3.05) is 13.6 Å². The van der Waals surface area contributed by atoms with Crippen LogP contribution in [-0.4, -0.2) is 65.4 Å². The van der Waals surface area contributed by atoms with Gasteiger partial charge in [-0.15, -0.1) is 0 Å². The summed E-state index contributed by atoms with van der Waals surface area (Å²) in [6.07, 6.45) is 6.46. The summed E-state index contributed by atoms with van der Waals surface area (Å²) in [5.41, 5.74) is 0. The summed E-state index contributed by atoms with van der Waals surface area (Å²) in [6.45, 7) is 2.34. The number of amides is 4. The van der Waals surface area contributed by atoms with Gasteiger partial charge in [0.2, 0.25) is 5.91 Å². The normalized spacial score (nSPS) is 29.6. The van der Waals surface area contributed by atoms with E-state index >= 15 is 0 Å². The summed E-state index contributed by atoms with van der Waals surface area (Å²) in [5.74, 6) is -0.121. The van der Waals surface area contributed by atoms with Gasteiger partial charge in [-0.1, -0.05) is 19.3 Å². The highest BCUT2D eigenvalue weighted by Gasteiger charge is 2.50. The summed E-state index contributed by atoms with van der Waals surface area (Å²) < 4.78 is 0. The third-order valence-electron chi connectivity index (χ3n) is 5.69. The summed E-state index contributed by atoms with van der Waals surface area (Å²) in [4.78, 5) is 40.7. The van der Waals surface area contributed by atoms with Crippen LogP contribution < -0.4 is 10.6 Å². The molecule has 7 nitrogen and oxygen atoms in total. The number of carbonyl (C=O) groups is 3. The number of fused-ring (bicyclic) bond motifs is 1. The van der Waals surface area contributed by atoms with E-state index in [0.717, 1.165) is 25.7 Å². The largest absolute Gasteiger partial charge is 0.352 e. The zero-order chi connectivity index (χ0) is 17.3. The molecule has 3 atom stereocenters. The number of rotatable bonds is 4. The van der Waals surface area contributed by atoms with Crippen LogP contribution in [0.2, 0.25) is 0 Å². The Morgan fingerprint density at radius 2 is 1.88 bits per heavy atom. The zero-order valence-corrected chi connectivity index (χ0v) is 14.6. The zero-order valence-electron chi connectivity index (χ0n) is 14.6. The van der Waals surface area contributed by atoms with E-state index in [2.05, 4.69) is 10.6 Å². The summed E-state index contributed by atoms with van der Waals surface area (Å²) >= 11 is 0. The predicted molar refractivity (Wildman–Crippen MR) is 89.3 cm³/mol. The molecule has 0 bridgehead atoms. The van der Waals surface area contributed by atoms with Gasteiger partial charge in [0.25, 0.3) is 5.91 Å². The second-order valence-electron chi connectivity index (χ2n) is 7.23. The second kappa shape index (κ2) is 7.09. The molecule has 0 radical (unpaired) electrons. The van der Waals surface area contributed by atoms with Crippen LogP contribution in [-0.2, 0) is 9.59 Å². The van der Waals surface area contributed by atoms with E-state index in [9.17, 15) is 14.4 Å². The van der Waals surface area contributed by atoms with Crippen LogP contribution in [0.5, 0.6) is 0 Å². The van der Waals surface area contributed by atoms with Gasteiger partial charge in [0, 0.05) is 18.6 Å². The minimum Gasteiger partial charge on any atom is -0.352 e. The van der Waals surface area contributed by atoms with Crippen LogP contribution in [0.1, 0.15) is 51.9 Å². The Hall–Kier alpha value is -1.63. The van der Waals surface area contributed by atoms with Crippen molar-refractivity contribution in [3.8, 4) is 0 Å². The van der Waals surface area contributed by atoms with Gasteiger partial charge >= 0.3 is 6.03 Å². The van der Waals surface area contributed by atoms with Crippen molar-refractivity contribution >= 4 is 17.8 Å². The molecule has 1 aliphatic carbocycles. The molecule has 2 saturated heterocycles. The highest BCUT2D eigenvalue weighted by Crippen LogP contribution is 2.32. The maximum atomic E-state index is 12.8. The van der Waals surface area contributed by atoms with Crippen molar-refractivity contribution in [2.24, 2.45) is 0 Å². The number of piperidine rings is 1. The fourth-order valence-electron chi connectivity index (χ4n) is 4.09. The molecule has 0 unspecified atom stereocenters. The molecule has 1 saturated carbocycles. The Morgan fingerprint density at radius 1 is 1.17 bits per heavy atom. The van der Waals surface area contributed by atoms with E-state index in [1.165, 1.54) is 11.3 Å². The van der Waals surface area contributed by atoms with E-state index < -0.39 is 6.04 Å². The predicted octanol–water partition coefficient (Wildman–Crippen LogP) is 0.838. The Labute approximate surface area is 143 Å². The van der Waals surface area contributed by atoms with E-state index in [0.29, 0.717) is 19.4 Å². The lowest BCUT2D eigenvalue weighted by molar-refractivity contribution is -0.131. The van der Waals surface area contributed by atoms with Gasteiger partial charge in [0.1, 0.15) is 6.04 Å². The first-order valence-corrected chi connectivity index (χ1v) is 9.14. The second-order valence-corrected chi connectivity index (χ2v) is 7.23. The van der Waals surface area contributed by atoms with E-state index in [1.807, 2.05) is 0 Å². The van der Waals surface area contributed by atoms with E-state index in [1.54, 1.807) is 18.9 Å². The highest BCUT2D eigenvalue weighted by atomic mass is 16.2. The van der Waals surface area contributed by atoms with Crippen LogP contribution in [0.25, 0.3) is 0 Å². The van der Waals surface area contributed by atoms with Crippen LogP contribution in [0, 0.1) is 0 Å². The number of likely N-dealkylation sites (N-methyl/N-ethyl adjacent to an activating group) is 1. The standard InChI is InChI=1S/C17H28N4O3/c1-11(18-2)15(22)19-12-8-9-20-14(10-12)16(23)21(17(20)24)13-6-4-3-5-7-13/h11-14,18H,3-10H2,1-2H3,(H,19,22)/t11-,12-,14-/m0/s1. The third kappa shape index (κ3) is 3.14.